The van der Waals surface area contributed by atoms with Crippen molar-refractivity contribution in [3.05, 3.63) is 154 Å². The summed E-state index contributed by atoms with van der Waals surface area (Å²) in [5.41, 5.74) is 6.23. The van der Waals surface area contributed by atoms with E-state index in [1.165, 1.54) is 0 Å². The number of rotatable bonds is 14. The van der Waals surface area contributed by atoms with Crippen molar-refractivity contribution < 1.29 is 19.1 Å². The van der Waals surface area contributed by atoms with Gasteiger partial charge in [-0.15, -0.1) is 10.2 Å². The van der Waals surface area contributed by atoms with Gasteiger partial charge in [0.05, 0.1) is 36.6 Å². The maximum atomic E-state index is 11.9. The number of benzene rings is 4. The molecule has 0 saturated heterocycles. The van der Waals surface area contributed by atoms with Gasteiger partial charge in [-0.1, -0.05) is 83.2 Å². The maximum Gasteiger partial charge on any atom is 0.153 e. The highest BCUT2D eigenvalue weighted by Crippen LogP contribution is 2.24. The van der Waals surface area contributed by atoms with E-state index in [4.69, 9.17) is 9.47 Å². The largest absolute Gasteiger partial charge is 0.486 e. The number of carbonyl (C=O) groups is 2. The minimum Gasteiger partial charge on any atom is -0.486 e. The Balaban J connectivity index is 1.05. The summed E-state index contributed by atoms with van der Waals surface area (Å²) in [6, 6.07) is 30.9. The molecule has 4 aromatic carbocycles. The van der Waals surface area contributed by atoms with E-state index in [0.29, 0.717) is 53.5 Å². The molecule has 0 aliphatic carbocycles. The van der Waals surface area contributed by atoms with Crippen LogP contribution in [0.15, 0.2) is 109 Å². The molecule has 0 atom stereocenters. The zero-order valence-electron chi connectivity index (χ0n) is 24.4. The van der Waals surface area contributed by atoms with Crippen LogP contribution in [0.5, 0.6) is 11.5 Å². The van der Waals surface area contributed by atoms with E-state index in [-0.39, 0.29) is 13.2 Å². The van der Waals surface area contributed by atoms with Gasteiger partial charge in [0.2, 0.25) is 0 Å². The van der Waals surface area contributed by atoms with Gasteiger partial charge >= 0.3 is 0 Å². The molecule has 0 aliphatic heterocycles. The fourth-order valence-electron chi connectivity index (χ4n) is 4.91. The van der Waals surface area contributed by atoms with E-state index in [1.54, 1.807) is 33.6 Å². The number of hydrogen-bond acceptors (Lipinski definition) is 8. The number of ether oxygens (including phenoxy) is 2. The Kier molecular flexibility index (Phi) is 9.11. The van der Waals surface area contributed by atoms with Crippen LogP contribution < -0.4 is 9.47 Å². The van der Waals surface area contributed by atoms with Crippen LogP contribution in [0.1, 0.15) is 54.4 Å². The lowest BCUT2D eigenvalue weighted by Gasteiger charge is -2.11. The fourth-order valence-corrected chi connectivity index (χ4v) is 4.91. The third-order valence-electron chi connectivity index (χ3n) is 7.11. The number of aromatic nitrogens is 6. The Hall–Kier alpha value is -5.90. The summed E-state index contributed by atoms with van der Waals surface area (Å²) in [5, 5.41) is 16.7. The zero-order chi connectivity index (χ0) is 30.8. The van der Waals surface area contributed by atoms with Gasteiger partial charge in [-0.2, -0.15) is 0 Å². The van der Waals surface area contributed by atoms with Crippen LogP contribution in [-0.2, 0) is 32.7 Å². The van der Waals surface area contributed by atoms with Crippen molar-refractivity contribution in [2.45, 2.75) is 32.7 Å². The van der Waals surface area contributed by atoms with Gasteiger partial charge < -0.3 is 9.47 Å². The van der Waals surface area contributed by atoms with Crippen LogP contribution in [0, 0.1) is 0 Å². The Morgan fingerprint density at radius 1 is 0.556 bits per heavy atom. The first kappa shape index (κ1) is 29.2. The molecule has 0 fully saturated rings. The smallest absolute Gasteiger partial charge is 0.153 e. The second kappa shape index (κ2) is 14.0. The standard InChI is InChI=1S/C35H30N6O4/c42-22-30-16-28(11-13-34(30)44-24-32-20-40(38-36-32)18-26-7-3-1-4-8-26)15-29-12-14-35(31(17-29)23-43)45-25-33-21-41(39-37-33)19-27-9-5-2-6-10-27/h1-14,16-17,20-23H,15,18-19,24-25H2. The third-order valence-corrected chi connectivity index (χ3v) is 7.11. The second-order valence-corrected chi connectivity index (χ2v) is 10.5. The maximum absolute atomic E-state index is 11.9. The Bertz CT molecular complexity index is 1750. The van der Waals surface area contributed by atoms with Crippen molar-refractivity contribution >= 4 is 12.6 Å². The molecule has 0 bridgehead atoms. The van der Waals surface area contributed by atoms with Crippen molar-refractivity contribution in [1.29, 1.82) is 0 Å². The summed E-state index contributed by atoms with van der Waals surface area (Å²) in [5.74, 6) is 0.925. The number of hydrogen-bond donors (Lipinski definition) is 0. The number of aldehydes is 2. The topological polar surface area (TPSA) is 114 Å². The van der Waals surface area contributed by atoms with Crippen LogP contribution >= 0.6 is 0 Å². The van der Waals surface area contributed by atoms with E-state index in [0.717, 1.165) is 34.8 Å². The minimum absolute atomic E-state index is 0.183. The Labute approximate surface area is 259 Å². The highest BCUT2D eigenvalue weighted by Gasteiger charge is 2.11. The summed E-state index contributed by atoms with van der Waals surface area (Å²) >= 11 is 0. The molecule has 10 nitrogen and oxygen atoms in total. The van der Waals surface area contributed by atoms with E-state index in [1.807, 2.05) is 85.2 Å². The quantitative estimate of drug-likeness (QED) is 0.154. The predicted octanol–water partition coefficient (Wildman–Crippen LogP) is 5.34. The van der Waals surface area contributed by atoms with Gasteiger partial charge in [0, 0.05) is 0 Å². The first-order chi connectivity index (χ1) is 22.1. The van der Waals surface area contributed by atoms with Crippen LogP contribution in [0.2, 0.25) is 0 Å². The molecule has 0 unspecified atom stereocenters. The average molecular weight is 599 g/mol. The van der Waals surface area contributed by atoms with Crippen LogP contribution in [0.25, 0.3) is 0 Å². The molecule has 0 saturated carbocycles. The molecule has 2 aromatic heterocycles. The molecule has 2 heterocycles. The molecule has 6 aromatic rings. The first-order valence-electron chi connectivity index (χ1n) is 14.4. The van der Waals surface area contributed by atoms with Crippen LogP contribution in [0.4, 0.5) is 0 Å². The Morgan fingerprint density at radius 3 is 1.42 bits per heavy atom. The fraction of sp³-hybridized carbons (Fsp3) is 0.143. The SMILES string of the molecule is O=Cc1cc(Cc2ccc(OCc3cn(Cc4ccccc4)nn3)c(C=O)c2)ccc1OCc1cn(Cc2ccccc2)nn1. The van der Waals surface area contributed by atoms with Crippen molar-refractivity contribution in [3.8, 4) is 11.5 Å². The highest BCUT2D eigenvalue weighted by molar-refractivity contribution is 5.80. The summed E-state index contributed by atoms with van der Waals surface area (Å²) in [6.45, 7) is 1.59. The van der Waals surface area contributed by atoms with Crippen molar-refractivity contribution in [3.63, 3.8) is 0 Å². The molecule has 45 heavy (non-hydrogen) atoms. The summed E-state index contributed by atoms with van der Waals surface area (Å²) in [4.78, 5) is 23.8. The van der Waals surface area contributed by atoms with Crippen LogP contribution in [-0.4, -0.2) is 42.6 Å². The molecule has 10 heteroatoms. The number of nitrogens with zero attached hydrogens (tertiary/aromatic N) is 6. The van der Waals surface area contributed by atoms with Crippen LogP contribution in [0.3, 0.4) is 0 Å². The molecule has 0 amide bonds. The molecular formula is C35H30N6O4. The van der Waals surface area contributed by atoms with E-state index >= 15 is 0 Å². The van der Waals surface area contributed by atoms with E-state index < -0.39 is 0 Å². The van der Waals surface area contributed by atoms with Gasteiger partial charge in [0.15, 0.2) is 12.6 Å². The predicted molar refractivity (Wildman–Crippen MR) is 166 cm³/mol. The normalized spacial score (nSPS) is 10.8. The molecule has 0 radical (unpaired) electrons. The molecule has 6 rings (SSSR count). The van der Waals surface area contributed by atoms with Crippen molar-refractivity contribution in [2.75, 3.05) is 0 Å². The number of carbonyl (C=O) groups excluding carboxylic acids is 2. The first-order valence-corrected chi connectivity index (χ1v) is 14.4. The van der Waals surface area contributed by atoms with E-state index in [2.05, 4.69) is 20.6 Å². The second-order valence-electron chi connectivity index (χ2n) is 10.5. The Morgan fingerprint density at radius 2 is 1.00 bits per heavy atom. The lowest BCUT2D eigenvalue weighted by molar-refractivity contribution is 0.111. The van der Waals surface area contributed by atoms with E-state index in [9.17, 15) is 9.59 Å². The van der Waals surface area contributed by atoms with Gasteiger partial charge in [-0.25, -0.2) is 9.36 Å². The molecule has 224 valence electrons. The molecule has 0 spiro atoms. The third kappa shape index (κ3) is 7.74. The van der Waals surface area contributed by atoms with Crippen molar-refractivity contribution in [1.82, 2.24) is 30.0 Å². The summed E-state index contributed by atoms with van der Waals surface area (Å²) < 4.78 is 15.3. The molecular weight excluding hydrogens is 568 g/mol. The van der Waals surface area contributed by atoms with Gasteiger partial charge in [-0.05, 0) is 52.9 Å². The summed E-state index contributed by atoms with van der Waals surface area (Å²) in [6.07, 6.45) is 5.72. The van der Waals surface area contributed by atoms with Gasteiger partial charge in [0.25, 0.3) is 0 Å². The lowest BCUT2D eigenvalue weighted by atomic mass is 10.0. The highest BCUT2D eigenvalue weighted by atomic mass is 16.5. The monoisotopic (exact) mass is 598 g/mol. The molecule has 0 N–H and O–H groups in total. The molecule has 0 aliphatic rings. The lowest BCUT2D eigenvalue weighted by Crippen LogP contribution is -2.01. The van der Waals surface area contributed by atoms with Gasteiger partial charge in [0.1, 0.15) is 36.1 Å². The summed E-state index contributed by atoms with van der Waals surface area (Å²) in [7, 11) is 0. The van der Waals surface area contributed by atoms with Crippen molar-refractivity contribution in [2.24, 2.45) is 0 Å². The minimum atomic E-state index is 0.183. The average Bonchev–Trinajstić information content (AvgIpc) is 3.73. The zero-order valence-corrected chi connectivity index (χ0v) is 24.4. The van der Waals surface area contributed by atoms with Gasteiger partial charge in [-0.3, -0.25) is 9.59 Å².